The van der Waals surface area contributed by atoms with Gasteiger partial charge in [-0.1, -0.05) is 132 Å². The van der Waals surface area contributed by atoms with Crippen LogP contribution in [0.2, 0.25) is 0 Å². The Morgan fingerprint density at radius 1 is 0.554 bits per heavy atom. The molecule has 0 spiro atoms. The molecule has 0 amide bonds. The molecular weight excluding hydrogens is 733 g/mol. The van der Waals surface area contributed by atoms with E-state index in [1.54, 1.807) is 0 Å². The summed E-state index contributed by atoms with van der Waals surface area (Å²) in [5.41, 5.74) is 5.32. The normalized spacial score (nSPS) is 14.5. The van der Waals surface area contributed by atoms with E-state index in [1.807, 2.05) is 12.2 Å². The lowest BCUT2D eigenvalue weighted by molar-refractivity contribution is -0.161. The molecule has 56 heavy (non-hydrogen) atoms. The van der Waals surface area contributed by atoms with Crippen molar-refractivity contribution in [2.75, 3.05) is 19.8 Å². The second-order valence-electron chi connectivity index (χ2n) is 13.8. The number of rotatable bonds is 38. The summed E-state index contributed by atoms with van der Waals surface area (Å²) in [6.45, 7) is 2.66. The van der Waals surface area contributed by atoms with Gasteiger partial charge in [0, 0.05) is 12.8 Å². The Morgan fingerprint density at radius 3 is 1.50 bits per heavy atom. The lowest BCUT2D eigenvalue weighted by Gasteiger charge is -2.20. The number of allylic oxidation sites excluding steroid dienone is 12. The fraction of sp³-hybridized carbons (Fsp3) is 0.659. The molecular formula is C44H74NO10P. The summed E-state index contributed by atoms with van der Waals surface area (Å²) in [6.07, 6.45) is 45.5. The molecule has 0 aliphatic carbocycles. The Hall–Kier alpha value is -3.08. The smallest absolute Gasteiger partial charge is 0.472 e. The van der Waals surface area contributed by atoms with Crippen molar-refractivity contribution in [2.24, 2.45) is 5.73 Å². The van der Waals surface area contributed by atoms with E-state index >= 15 is 0 Å². The van der Waals surface area contributed by atoms with Crippen LogP contribution in [0.3, 0.4) is 0 Å². The number of unbranched alkanes of at least 4 members (excludes halogenated alkanes) is 12. The third-order valence-electron chi connectivity index (χ3n) is 8.43. The van der Waals surface area contributed by atoms with E-state index in [1.165, 1.54) is 57.8 Å². The van der Waals surface area contributed by atoms with Gasteiger partial charge in [-0.15, -0.1) is 0 Å². The molecule has 0 aromatic rings. The number of carboxylic acid groups (broad SMARTS) is 1. The molecule has 0 rings (SSSR count). The van der Waals surface area contributed by atoms with Crippen LogP contribution < -0.4 is 5.73 Å². The van der Waals surface area contributed by atoms with Crippen molar-refractivity contribution in [3.63, 3.8) is 0 Å². The van der Waals surface area contributed by atoms with E-state index in [4.69, 9.17) is 24.8 Å². The minimum absolute atomic E-state index is 0.0776. The number of esters is 2. The third kappa shape index (κ3) is 37.8. The molecule has 11 nitrogen and oxygen atoms in total. The predicted octanol–water partition coefficient (Wildman–Crippen LogP) is 10.9. The zero-order valence-corrected chi connectivity index (χ0v) is 35.3. The molecule has 0 heterocycles. The highest BCUT2D eigenvalue weighted by Crippen LogP contribution is 2.43. The van der Waals surface area contributed by atoms with E-state index in [-0.39, 0.29) is 19.4 Å². The fourth-order valence-corrected chi connectivity index (χ4v) is 5.86. The standard InChI is InChI=1S/C44H74NO10P/c1-3-5-7-9-11-13-15-17-19-20-22-24-26-28-30-32-34-36-43(47)55-40(38-53-56(50,51)54-39-41(45)44(48)49)37-52-42(46)35-33-31-29-27-25-23-21-18-16-14-12-10-8-6-4-2/h12,14,17-19,21-22,24-25,27-28,30,40-41H,3-11,13,15-16,20,23,26,29,31-39,45H2,1-2H3,(H,48,49)(H,50,51)/b14-12-,19-17-,21-18-,24-22-,27-25-,30-28-/t40-,41+/m1/s1. The van der Waals surface area contributed by atoms with Crippen LogP contribution in [-0.4, -0.2) is 59.9 Å². The minimum Gasteiger partial charge on any atom is -0.480 e. The van der Waals surface area contributed by atoms with E-state index in [9.17, 15) is 23.8 Å². The highest BCUT2D eigenvalue weighted by atomic mass is 31.2. The van der Waals surface area contributed by atoms with Gasteiger partial charge in [-0.3, -0.25) is 23.4 Å². The first-order valence-corrected chi connectivity index (χ1v) is 22.5. The summed E-state index contributed by atoms with van der Waals surface area (Å²) < 4.78 is 32.5. The number of carbonyl (C=O) groups is 3. The maximum atomic E-state index is 12.6. The molecule has 12 heteroatoms. The summed E-state index contributed by atoms with van der Waals surface area (Å²) in [5.74, 6) is -2.50. The molecule has 0 aromatic carbocycles. The lowest BCUT2D eigenvalue weighted by atomic mass is 10.1. The predicted molar refractivity (Wildman–Crippen MR) is 226 cm³/mol. The number of aliphatic carboxylic acids is 1. The second-order valence-corrected chi connectivity index (χ2v) is 15.2. The number of nitrogens with two attached hydrogens (primary N) is 1. The summed E-state index contributed by atoms with van der Waals surface area (Å²) in [6, 6.07) is -1.54. The fourth-order valence-electron chi connectivity index (χ4n) is 5.09. The van der Waals surface area contributed by atoms with Crippen molar-refractivity contribution in [3.8, 4) is 0 Å². The molecule has 320 valence electrons. The van der Waals surface area contributed by atoms with Gasteiger partial charge in [-0.05, 0) is 83.5 Å². The van der Waals surface area contributed by atoms with Gasteiger partial charge in [0.1, 0.15) is 12.6 Å². The highest BCUT2D eigenvalue weighted by molar-refractivity contribution is 7.47. The molecule has 0 aliphatic heterocycles. The van der Waals surface area contributed by atoms with Gasteiger partial charge in [0.25, 0.3) is 0 Å². The van der Waals surface area contributed by atoms with Crippen LogP contribution in [0.25, 0.3) is 0 Å². The highest BCUT2D eigenvalue weighted by Gasteiger charge is 2.28. The number of phosphoric ester groups is 1. The van der Waals surface area contributed by atoms with Crippen LogP contribution in [0, 0.1) is 0 Å². The topological polar surface area (TPSA) is 172 Å². The van der Waals surface area contributed by atoms with Crippen molar-refractivity contribution in [3.05, 3.63) is 72.9 Å². The first-order valence-electron chi connectivity index (χ1n) is 21.0. The van der Waals surface area contributed by atoms with Crippen LogP contribution in [0.5, 0.6) is 0 Å². The molecule has 0 saturated heterocycles. The van der Waals surface area contributed by atoms with Crippen LogP contribution in [0.1, 0.15) is 155 Å². The largest absolute Gasteiger partial charge is 0.480 e. The summed E-state index contributed by atoms with van der Waals surface area (Å²) in [4.78, 5) is 45.8. The van der Waals surface area contributed by atoms with Gasteiger partial charge in [0.15, 0.2) is 6.10 Å². The molecule has 0 saturated carbocycles. The number of ether oxygens (including phenoxy) is 2. The Morgan fingerprint density at radius 2 is 0.964 bits per heavy atom. The molecule has 1 unspecified atom stereocenters. The maximum Gasteiger partial charge on any atom is 0.472 e. The Kier molecular flexibility index (Phi) is 36.6. The first kappa shape index (κ1) is 52.9. The lowest BCUT2D eigenvalue weighted by Crippen LogP contribution is -2.34. The SMILES string of the molecule is CCCCC/C=C\C/C=C\C/C=C\CCCCC(=O)OC[C@H](COP(=O)(O)OC[C@H](N)C(=O)O)OC(=O)CCC/C=C\C/C=C\C/C=C\CCCCCCCC. The summed E-state index contributed by atoms with van der Waals surface area (Å²) in [7, 11) is -4.74. The van der Waals surface area contributed by atoms with Crippen molar-refractivity contribution in [1.82, 2.24) is 0 Å². The third-order valence-corrected chi connectivity index (χ3v) is 9.38. The van der Waals surface area contributed by atoms with Crippen LogP contribution in [-0.2, 0) is 37.5 Å². The maximum absolute atomic E-state index is 12.6. The minimum atomic E-state index is -4.74. The van der Waals surface area contributed by atoms with E-state index in [0.717, 1.165) is 51.4 Å². The number of hydrogen-bond acceptors (Lipinski definition) is 9. The van der Waals surface area contributed by atoms with Gasteiger partial charge in [0.05, 0.1) is 13.2 Å². The van der Waals surface area contributed by atoms with Gasteiger partial charge in [-0.2, -0.15) is 0 Å². The number of carbonyl (C=O) groups excluding carboxylic acids is 2. The Labute approximate surface area is 338 Å². The first-order chi connectivity index (χ1) is 27.1. The molecule has 0 bridgehead atoms. The number of phosphoric acid groups is 1. The average Bonchev–Trinajstić information content (AvgIpc) is 3.17. The monoisotopic (exact) mass is 808 g/mol. The van der Waals surface area contributed by atoms with Crippen LogP contribution in [0.15, 0.2) is 72.9 Å². The summed E-state index contributed by atoms with van der Waals surface area (Å²) >= 11 is 0. The average molecular weight is 808 g/mol. The van der Waals surface area contributed by atoms with Crippen LogP contribution >= 0.6 is 7.82 Å². The molecule has 0 radical (unpaired) electrons. The number of hydrogen-bond donors (Lipinski definition) is 3. The quantitative estimate of drug-likeness (QED) is 0.0235. The molecule has 3 atom stereocenters. The van der Waals surface area contributed by atoms with Gasteiger partial charge < -0.3 is 25.2 Å². The van der Waals surface area contributed by atoms with Gasteiger partial charge in [0.2, 0.25) is 0 Å². The number of carboxylic acids is 1. The van der Waals surface area contributed by atoms with Crippen molar-refractivity contribution < 1.29 is 47.5 Å². The van der Waals surface area contributed by atoms with Crippen molar-refractivity contribution in [1.29, 1.82) is 0 Å². The zero-order chi connectivity index (χ0) is 41.4. The van der Waals surface area contributed by atoms with Crippen molar-refractivity contribution >= 4 is 25.7 Å². The van der Waals surface area contributed by atoms with Crippen LogP contribution in [0.4, 0.5) is 0 Å². The molecule has 0 aromatic heterocycles. The second kappa shape index (κ2) is 38.8. The van der Waals surface area contributed by atoms with E-state index in [0.29, 0.717) is 19.3 Å². The van der Waals surface area contributed by atoms with E-state index in [2.05, 4.69) is 79.1 Å². The zero-order valence-electron chi connectivity index (χ0n) is 34.4. The van der Waals surface area contributed by atoms with Crippen molar-refractivity contribution in [2.45, 2.75) is 167 Å². The molecule has 0 fully saturated rings. The molecule has 0 aliphatic rings. The Balaban J connectivity index is 4.56. The van der Waals surface area contributed by atoms with E-state index < -0.39 is 51.1 Å². The van der Waals surface area contributed by atoms with Gasteiger partial charge >= 0.3 is 25.7 Å². The Bertz CT molecular complexity index is 1230. The van der Waals surface area contributed by atoms with Gasteiger partial charge in [-0.25, -0.2) is 4.57 Å². The summed E-state index contributed by atoms with van der Waals surface area (Å²) in [5, 5.41) is 8.88. The molecule has 4 N–H and O–H groups in total.